The van der Waals surface area contributed by atoms with Gasteiger partial charge in [-0.25, -0.2) is 12.8 Å². The number of benzene rings is 2. The summed E-state index contributed by atoms with van der Waals surface area (Å²) in [7, 11) is -3.75. The van der Waals surface area contributed by atoms with Crippen LogP contribution in [0.25, 0.3) is 0 Å². The first-order valence-electron chi connectivity index (χ1n) is 12.0. The molecule has 1 N–H and O–H groups in total. The molecule has 7 nitrogen and oxygen atoms in total. The molecule has 0 saturated carbocycles. The highest BCUT2D eigenvalue weighted by Gasteiger charge is 2.28. The Morgan fingerprint density at radius 2 is 1.66 bits per heavy atom. The van der Waals surface area contributed by atoms with Crippen LogP contribution in [-0.2, 0) is 26.0 Å². The molecular formula is C26H36FN3O4S. The SMILES string of the molecule is CCCNC(=O)[C@@H](CC)N(CCc1ccccc1)C(=O)CCCN(c1ccccc1F)S(C)(=O)=O. The van der Waals surface area contributed by atoms with Crippen molar-refractivity contribution in [3.8, 4) is 0 Å². The number of rotatable bonds is 14. The summed E-state index contributed by atoms with van der Waals surface area (Å²) in [5.41, 5.74) is 1.01. The third-order valence-corrected chi connectivity index (χ3v) is 6.87. The fraction of sp³-hybridized carbons (Fsp3) is 0.462. The number of carbonyl (C=O) groups is 2. The van der Waals surface area contributed by atoms with Crippen molar-refractivity contribution >= 4 is 27.5 Å². The number of anilines is 1. The zero-order valence-electron chi connectivity index (χ0n) is 20.7. The predicted octanol–water partition coefficient (Wildman–Crippen LogP) is 3.75. The van der Waals surface area contributed by atoms with Gasteiger partial charge in [0.25, 0.3) is 0 Å². The molecule has 0 fully saturated rings. The molecule has 2 amide bonds. The lowest BCUT2D eigenvalue weighted by Crippen LogP contribution is -2.50. The number of para-hydroxylation sites is 1. The van der Waals surface area contributed by atoms with Crippen LogP contribution in [0, 0.1) is 5.82 Å². The van der Waals surface area contributed by atoms with Gasteiger partial charge in [0.15, 0.2) is 0 Å². The summed E-state index contributed by atoms with van der Waals surface area (Å²) in [4.78, 5) is 27.7. The molecule has 35 heavy (non-hydrogen) atoms. The number of hydrogen-bond donors (Lipinski definition) is 1. The van der Waals surface area contributed by atoms with Crippen LogP contribution < -0.4 is 9.62 Å². The predicted molar refractivity (Wildman–Crippen MR) is 137 cm³/mol. The van der Waals surface area contributed by atoms with Crippen molar-refractivity contribution in [2.75, 3.05) is 30.2 Å². The largest absolute Gasteiger partial charge is 0.354 e. The average Bonchev–Trinajstić information content (AvgIpc) is 2.83. The highest BCUT2D eigenvalue weighted by Crippen LogP contribution is 2.22. The van der Waals surface area contributed by atoms with E-state index < -0.39 is 21.9 Å². The monoisotopic (exact) mass is 505 g/mol. The van der Waals surface area contributed by atoms with Gasteiger partial charge >= 0.3 is 0 Å². The zero-order chi connectivity index (χ0) is 25.8. The first kappa shape index (κ1) is 28.3. The van der Waals surface area contributed by atoms with E-state index in [4.69, 9.17) is 0 Å². The molecule has 0 aliphatic rings. The van der Waals surface area contributed by atoms with Gasteiger partial charge in [-0.1, -0.05) is 56.3 Å². The fourth-order valence-corrected chi connectivity index (χ4v) is 4.86. The van der Waals surface area contributed by atoms with Gasteiger partial charge in [0.2, 0.25) is 21.8 Å². The highest BCUT2D eigenvalue weighted by molar-refractivity contribution is 7.92. The minimum Gasteiger partial charge on any atom is -0.354 e. The van der Waals surface area contributed by atoms with Crippen LogP contribution in [0.5, 0.6) is 0 Å². The molecule has 0 aliphatic heterocycles. The van der Waals surface area contributed by atoms with E-state index in [1.54, 1.807) is 11.0 Å². The van der Waals surface area contributed by atoms with E-state index in [0.717, 1.165) is 22.5 Å². The number of nitrogens with zero attached hydrogens (tertiary/aromatic N) is 2. The summed E-state index contributed by atoms with van der Waals surface area (Å²) in [6, 6.07) is 14.7. The van der Waals surface area contributed by atoms with E-state index in [-0.39, 0.29) is 36.9 Å². The van der Waals surface area contributed by atoms with E-state index in [9.17, 15) is 22.4 Å². The molecule has 2 rings (SSSR count). The third kappa shape index (κ3) is 8.65. The molecule has 192 valence electrons. The van der Waals surface area contributed by atoms with Gasteiger partial charge in [0.05, 0.1) is 11.9 Å². The van der Waals surface area contributed by atoms with Gasteiger partial charge in [-0.2, -0.15) is 0 Å². The van der Waals surface area contributed by atoms with Gasteiger partial charge in [-0.15, -0.1) is 0 Å². The van der Waals surface area contributed by atoms with Crippen molar-refractivity contribution in [3.05, 3.63) is 66.0 Å². The molecule has 0 heterocycles. The molecule has 0 radical (unpaired) electrons. The summed E-state index contributed by atoms with van der Waals surface area (Å²) >= 11 is 0. The molecule has 2 aromatic carbocycles. The van der Waals surface area contributed by atoms with E-state index in [2.05, 4.69) is 5.32 Å². The normalized spacial score (nSPS) is 12.1. The summed E-state index contributed by atoms with van der Waals surface area (Å²) in [5.74, 6) is -1.08. The van der Waals surface area contributed by atoms with Crippen molar-refractivity contribution in [1.82, 2.24) is 10.2 Å². The third-order valence-electron chi connectivity index (χ3n) is 5.69. The maximum absolute atomic E-state index is 14.3. The molecule has 0 saturated heterocycles. The Morgan fingerprint density at radius 1 is 1.00 bits per heavy atom. The molecule has 0 aliphatic carbocycles. The van der Waals surface area contributed by atoms with Crippen LogP contribution in [0.2, 0.25) is 0 Å². The molecule has 0 unspecified atom stereocenters. The van der Waals surface area contributed by atoms with E-state index in [0.29, 0.717) is 25.9 Å². The molecule has 9 heteroatoms. The van der Waals surface area contributed by atoms with Gasteiger partial charge < -0.3 is 10.2 Å². The van der Waals surface area contributed by atoms with Crippen molar-refractivity contribution < 1.29 is 22.4 Å². The second-order valence-corrected chi connectivity index (χ2v) is 10.3. The summed E-state index contributed by atoms with van der Waals surface area (Å²) in [5, 5.41) is 2.88. The lowest BCUT2D eigenvalue weighted by atomic mass is 10.1. The Balaban J connectivity index is 2.15. The number of amides is 2. The number of sulfonamides is 1. The standard InChI is InChI=1S/C26H36FN3O4S/c1-4-18-28-26(32)23(5-2)29(20-17-21-12-7-6-8-13-21)25(31)16-11-19-30(35(3,33)34)24-15-10-9-14-22(24)27/h6-10,12-15,23H,4-5,11,16-20H2,1-3H3,(H,28,32)/t23-/m1/s1. The zero-order valence-corrected chi connectivity index (χ0v) is 21.6. The van der Waals surface area contributed by atoms with E-state index in [1.165, 1.54) is 18.2 Å². The quantitative estimate of drug-likeness (QED) is 0.424. The van der Waals surface area contributed by atoms with E-state index in [1.807, 2.05) is 44.2 Å². The Morgan fingerprint density at radius 3 is 2.26 bits per heavy atom. The van der Waals surface area contributed by atoms with Gasteiger partial charge in [0.1, 0.15) is 11.9 Å². The maximum atomic E-state index is 14.3. The summed E-state index contributed by atoms with van der Waals surface area (Å²) in [6.07, 6.45) is 3.08. The Hall–Kier alpha value is -2.94. The minimum absolute atomic E-state index is 0.0345. The molecule has 0 spiro atoms. The van der Waals surface area contributed by atoms with Gasteiger partial charge in [0, 0.05) is 26.1 Å². The first-order chi connectivity index (χ1) is 16.7. The van der Waals surface area contributed by atoms with Crippen molar-refractivity contribution in [3.63, 3.8) is 0 Å². The van der Waals surface area contributed by atoms with Crippen LogP contribution >= 0.6 is 0 Å². The Bertz CT molecular complexity index is 1060. The number of hydrogen-bond acceptors (Lipinski definition) is 4. The van der Waals surface area contributed by atoms with Crippen molar-refractivity contribution in [1.29, 1.82) is 0 Å². The lowest BCUT2D eigenvalue weighted by molar-refractivity contribution is -0.140. The number of carbonyl (C=O) groups excluding carboxylic acids is 2. The molecule has 1 atom stereocenters. The van der Waals surface area contributed by atoms with E-state index >= 15 is 0 Å². The maximum Gasteiger partial charge on any atom is 0.242 e. The van der Waals surface area contributed by atoms with Crippen LogP contribution in [0.1, 0.15) is 45.1 Å². The van der Waals surface area contributed by atoms with Crippen LogP contribution in [0.15, 0.2) is 54.6 Å². The highest BCUT2D eigenvalue weighted by atomic mass is 32.2. The Labute approximate surface area is 208 Å². The second kappa shape index (κ2) is 13.8. The number of nitrogens with one attached hydrogen (secondary N) is 1. The van der Waals surface area contributed by atoms with Crippen LogP contribution in [-0.4, -0.2) is 57.1 Å². The smallest absolute Gasteiger partial charge is 0.242 e. The summed E-state index contributed by atoms with van der Waals surface area (Å²) in [6.45, 7) is 4.67. The topological polar surface area (TPSA) is 86.8 Å². The van der Waals surface area contributed by atoms with Crippen LogP contribution in [0.3, 0.4) is 0 Å². The minimum atomic E-state index is -3.75. The van der Waals surface area contributed by atoms with Gasteiger partial charge in [-0.3, -0.25) is 13.9 Å². The molecule has 0 aromatic heterocycles. The van der Waals surface area contributed by atoms with Crippen molar-refractivity contribution in [2.45, 2.75) is 52.0 Å². The van der Waals surface area contributed by atoms with Crippen LogP contribution in [0.4, 0.5) is 10.1 Å². The van der Waals surface area contributed by atoms with Crippen molar-refractivity contribution in [2.24, 2.45) is 0 Å². The average molecular weight is 506 g/mol. The second-order valence-electron chi connectivity index (χ2n) is 8.43. The lowest BCUT2D eigenvalue weighted by Gasteiger charge is -2.31. The van der Waals surface area contributed by atoms with Gasteiger partial charge in [-0.05, 0) is 43.4 Å². The first-order valence-corrected chi connectivity index (χ1v) is 13.9. The molecule has 0 bridgehead atoms. The molecular weight excluding hydrogens is 469 g/mol. The summed E-state index contributed by atoms with van der Waals surface area (Å²) < 4.78 is 39.9. The number of halogens is 1. The fourth-order valence-electron chi connectivity index (χ4n) is 3.90. The Kier molecular flexibility index (Phi) is 11.2. The molecule has 2 aromatic rings.